The minimum atomic E-state index is -0.727. The molecule has 1 fully saturated rings. The van der Waals surface area contributed by atoms with Crippen LogP contribution in [-0.4, -0.2) is 30.1 Å². The first kappa shape index (κ1) is 10.7. The molecule has 0 radical (unpaired) electrons. The van der Waals surface area contributed by atoms with Crippen LogP contribution < -0.4 is 0 Å². The average molecular weight is 205 g/mol. The number of likely N-dealkylation sites (tertiary alicyclic amines) is 1. The van der Waals surface area contributed by atoms with Gasteiger partial charge in [0.1, 0.15) is 0 Å². The second-order valence-electron chi connectivity index (χ2n) is 5.10. The molecule has 0 atom stereocenters. The normalized spacial score (nSPS) is 18.9. The first-order valence-electron chi connectivity index (χ1n) is 5.48. The summed E-state index contributed by atoms with van der Waals surface area (Å²) in [5.74, 6) is 0.686. The Kier molecular flexibility index (Phi) is 2.57. The third kappa shape index (κ3) is 2.21. The average Bonchev–Trinajstić information content (AvgIpc) is 2.12. The van der Waals surface area contributed by atoms with Crippen LogP contribution in [0.3, 0.4) is 0 Å². The minimum Gasteiger partial charge on any atom is -0.386 e. The molecule has 15 heavy (non-hydrogen) atoms. The lowest BCUT2D eigenvalue weighted by atomic mass is 9.89. The van der Waals surface area contributed by atoms with Gasteiger partial charge in [0.2, 0.25) is 0 Å². The van der Waals surface area contributed by atoms with Crippen molar-refractivity contribution in [3.05, 3.63) is 35.4 Å². The standard InChI is InChI=1S/C13H19NO/c1-13(2,15)12-6-4-10(5-7-12)11-8-14(3)9-11/h4-7,11,15H,8-9H2,1-3H3. The molecule has 0 aliphatic carbocycles. The van der Waals surface area contributed by atoms with Crippen molar-refractivity contribution in [3.63, 3.8) is 0 Å². The summed E-state index contributed by atoms with van der Waals surface area (Å²) >= 11 is 0. The van der Waals surface area contributed by atoms with Gasteiger partial charge in [0.15, 0.2) is 0 Å². The largest absolute Gasteiger partial charge is 0.386 e. The molecule has 2 rings (SSSR count). The molecule has 82 valence electrons. The summed E-state index contributed by atoms with van der Waals surface area (Å²) in [5, 5.41) is 9.82. The van der Waals surface area contributed by atoms with Crippen molar-refractivity contribution in [2.45, 2.75) is 25.4 Å². The predicted molar refractivity (Wildman–Crippen MR) is 61.9 cm³/mol. The highest BCUT2D eigenvalue weighted by atomic mass is 16.3. The maximum Gasteiger partial charge on any atom is 0.0840 e. The van der Waals surface area contributed by atoms with Crippen molar-refractivity contribution in [1.82, 2.24) is 4.90 Å². The van der Waals surface area contributed by atoms with E-state index in [1.165, 1.54) is 5.56 Å². The van der Waals surface area contributed by atoms with E-state index in [0.29, 0.717) is 5.92 Å². The summed E-state index contributed by atoms with van der Waals surface area (Å²) in [6, 6.07) is 8.36. The van der Waals surface area contributed by atoms with Gasteiger partial charge < -0.3 is 10.0 Å². The van der Waals surface area contributed by atoms with Gasteiger partial charge in [0.25, 0.3) is 0 Å². The quantitative estimate of drug-likeness (QED) is 0.797. The topological polar surface area (TPSA) is 23.5 Å². The zero-order valence-electron chi connectivity index (χ0n) is 9.70. The van der Waals surface area contributed by atoms with Gasteiger partial charge in [0.05, 0.1) is 5.60 Å². The zero-order chi connectivity index (χ0) is 11.1. The van der Waals surface area contributed by atoms with Crippen molar-refractivity contribution in [1.29, 1.82) is 0 Å². The van der Waals surface area contributed by atoms with Gasteiger partial charge in [0, 0.05) is 19.0 Å². The third-order valence-corrected chi connectivity index (χ3v) is 3.15. The Morgan fingerprint density at radius 2 is 1.73 bits per heavy atom. The minimum absolute atomic E-state index is 0.686. The number of hydrogen-bond acceptors (Lipinski definition) is 2. The van der Waals surface area contributed by atoms with Crippen LogP contribution in [-0.2, 0) is 5.60 Å². The molecular weight excluding hydrogens is 186 g/mol. The molecule has 1 N–H and O–H groups in total. The molecule has 2 heteroatoms. The van der Waals surface area contributed by atoms with E-state index in [4.69, 9.17) is 0 Å². The Labute approximate surface area is 91.5 Å². The van der Waals surface area contributed by atoms with Gasteiger partial charge in [-0.3, -0.25) is 0 Å². The van der Waals surface area contributed by atoms with Crippen LogP contribution >= 0.6 is 0 Å². The molecule has 1 aliphatic rings. The molecule has 0 saturated carbocycles. The molecule has 1 aromatic rings. The first-order valence-corrected chi connectivity index (χ1v) is 5.48. The molecule has 0 amide bonds. The molecule has 1 heterocycles. The van der Waals surface area contributed by atoms with Crippen LogP contribution in [0.5, 0.6) is 0 Å². The summed E-state index contributed by atoms with van der Waals surface area (Å²) in [5.41, 5.74) is 1.65. The van der Waals surface area contributed by atoms with Gasteiger partial charge in [-0.15, -0.1) is 0 Å². The fourth-order valence-electron chi connectivity index (χ4n) is 2.07. The second kappa shape index (κ2) is 3.62. The number of benzene rings is 1. The van der Waals surface area contributed by atoms with Crippen LogP contribution in [0.25, 0.3) is 0 Å². The van der Waals surface area contributed by atoms with Gasteiger partial charge >= 0.3 is 0 Å². The van der Waals surface area contributed by atoms with Gasteiger partial charge in [-0.25, -0.2) is 0 Å². The van der Waals surface area contributed by atoms with Crippen LogP contribution in [0.2, 0.25) is 0 Å². The van der Waals surface area contributed by atoms with Crippen LogP contribution in [0, 0.1) is 0 Å². The fourth-order valence-corrected chi connectivity index (χ4v) is 2.07. The van der Waals surface area contributed by atoms with Crippen molar-refractivity contribution in [3.8, 4) is 0 Å². The van der Waals surface area contributed by atoms with E-state index >= 15 is 0 Å². The number of nitrogens with zero attached hydrogens (tertiary/aromatic N) is 1. The van der Waals surface area contributed by atoms with E-state index in [1.807, 2.05) is 26.0 Å². The van der Waals surface area contributed by atoms with E-state index in [1.54, 1.807) is 0 Å². The maximum absolute atomic E-state index is 9.82. The van der Waals surface area contributed by atoms with Crippen molar-refractivity contribution in [2.24, 2.45) is 0 Å². The fraction of sp³-hybridized carbons (Fsp3) is 0.538. The lowest BCUT2D eigenvalue weighted by Crippen LogP contribution is -2.41. The first-order chi connectivity index (χ1) is 6.97. The molecule has 0 unspecified atom stereocenters. The number of aliphatic hydroxyl groups is 1. The lowest BCUT2D eigenvalue weighted by Gasteiger charge is -2.36. The Hall–Kier alpha value is -0.860. The Balaban J connectivity index is 2.11. The van der Waals surface area contributed by atoms with Gasteiger partial charge in [-0.1, -0.05) is 24.3 Å². The third-order valence-electron chi connectivity index (χ3n) is 3.15. The van der Waals surface area contributed by atoms with E-state index in [-0.39, 0.29) is 0 Å². The van der Waals surface area contributed by atoms with Crippen LogP contribution in [0.15, 0.2) is 24.3 Å². The molecule has 0 aromatic heterocycles. The van der Waals surface area contributed by atoms with E-state index in [9.17, 15) is 5.11 Å². The number of likely N-dealkylation sites (N-methyl/N-ethyl adjacent to an activating group) is 1. The number of hydrogen-bond donors (Lipinski definition) is 1. The Morgan fingerprint density at radius 1 is 1.20 bits per heavy atom. The second-order valence-corrected chi connectivity index (χ2v) is 5.10. The van der Waals surface area contributed by atoms with Gasteiger partial charge in [-0.05, 0) is 32.0 Å². The van der Waals surface area contributed by atoms with Crippen molar-refractivity contribution < 1.29 is 5.11 Å². The summed E-state index contributed by atoms with van der Waals surface area (Å²) < 4.78 is 0. The lowest BCUT2D eigenvalue weighted by molar-refractivity contribution is 0.0785. The highest BCUT2D eigenvalue weighted by Crippen LogP contribution is 2.27. The highest BCUT2D eigenvalue weighted by molar-refractivity contribution is 5.29. The van der Waals surface area contributed by atoms with Crippen LogP contribution in [0.4, 0.5) is 0 Å². The summed E-state index contributed by atoms with van der Waals surface area (Å²) in [6.45, 7) is 5.95. The molecule has 1 saturated heterocycles. The van der Waals surface area contributed by atoms with E-state index in [2.05, 4.69) is 24.1 Å². The SMILES string of the molecule is CN1CC(c2ccc(C(C)(C)O)cc2)C1. The number of rotatable bonds is 2. The summed E-state index contributed by atoms with van der Waals surface area (Å²) in [6.07, 6.45) is 0. The molecule has 1 aliphatic heterocycles. The van der Waals surface area contributed by atoms with E-state index in [0.717, 1.165) is 18.7 Å². The van der Waals surface area contributed by atoms with Gasteiger partial charge in [-0.2, -0.15) is 0 Å². The van der Waals surface area contributed by atoms with E-state index < -0.39 is 5.60 Å². The molecule has 0 bridgehead atoms. The maximum atomic E-state index is 9.82. The monoisotopic (exact) mass is 205 g/mol. The zero-order valence-corrected chi connectivity index (χ0v) is 9.70. The molecular formula is C13H19NO. The Bertz CT molecular complexity index is 331. The summed E-state index contributed by atoms with van der Waals surface area (Å²) in [7, 11) is 2.14. The van der Waals surface area contributed by atoms with Crippen LogP contribution in [0.1, 0.15) is 30.9 Å². The van der Waals surface area contributed by atoms with Crippen molar-refractivity contribution >= 4 is 0 Å². The molecule has 0 spiro atoms. The highest BCUT2D eigenvalue weighted by Gasteiger charge is 2.25. The predicted octanol–water partition coefficient (Wildman–Crippen LogP) is 1.94. The smallest absolute Gasteiger partial charge is 0.0840 e. The molecule has 1 aromatic carbocycles. The molecule has 2 nitrogen and oxygen atoms in total. The van der Waals surface area contributed by atoms with Crippen molar-refractivity contribution in [2.75, 3.05) is 20.1 Å². The summed E-state index contributed by atoms with van der Waals surface area (Å²) in [4.78, 5) is 2.31. The Morgan fingerprint density at radius 3 is 2.13 bits per heavy atom.